The van der Waals surface area contributed by atoms with Gasteiger partial charge in [-0.3, -0.25) is 9.97 Å². The fourth-order valence-electron chi connectivity index (χ4n) is 3.55. The molecular weight excluding hydrogens is 434 g/mol. The summed E-state index contributed by atoms with van der Waals surface area (Å²) in [7, 11) is 3.23. The average molecular weight is 464 g/mol. The molecule has 0 unspecified atom stereocenters. The van der Waals surface area contributed by atoms with Crippen molar-refractivity contribution in [3.8, 4) is 28.5 Å². The van der Waals surface area contributed by atoms with Crippen LogP contribution in [-0.4, -0.2) is 55.0 Å². The van der Waals surface area contributed by atoms with E-state index >= 15 is 0 Å². The van der Waals surface area contributed by atoms with Crippen LogP contribution in [0.3, 0.4) is 0 Å². The predicted molar refractivity (Wildman–Crippen MR) is 132 cm³/mol. The van der Waals surface area contributed by atoms with E-state index in [0.717, 1.165) is 33.7 Å². The summed E-state index contributed by atoms with van der Waals surface area (Å²) in [6.45, 7) is 3.31. The number of hydrogen-bond acceptors (Lipinski definition) is 9. The summed E-state index contributed by atoms with van der Waals surface area (Å²) in [4.78, 5) is 13.5. The molecule has 4 rings (SSSR count). The first-order valence-corrected chi connectivity index (χ1v) is 11.1. The molecule has 0 amide bonds. The Kier molecular flexibility index (Phi) is 7.24. The van der Waals surface area contributed by atoms with Crippen LogP contribution in [0.2, 0.25) is 0 Å². The summed E-state index contributed by atoms with van der Waals surface area (Å²) < 4.78 is 22.2. The number of benzene rings is 1. The maximum Gasteiger partial charge on any atom is 0.163 e. The Balaban J connectivity index is 1.77. The van der Waals surface area contributed by atoms with Gasteiger partial charge in [0.15, 0.2) is 11.5 Å². The number of methoxy groups -OCH3 is 2. The zero-order valence-electron chi connectivity index (χ0n) is 19.6. The minimum absolute atomic E-state index is 0.0321. The monoisotopic (exact) mass is 463 g/mol. The van der Waals surface area contributed by atoms with Crippen LogP contribution in [0.4, 0.5) is 5.82 Å². The Hall–Kier alpha value is -3.69. The van der Waals surface area contributed by atoms with E-state index in [2.05, 4.69) is 15.0 Å². The largest absolute Gasteiger partial charge is 0.493 e. The predicted octanol–water partition coefficient (Wildman–Crippen LogP) is 3.58. The second-order valence-electron chi connectivity index (χ2n) is 7.86. The van der Waals surface area contributed by atoms with E-state index < -0.39 is 0 Å². The number of rotatable bonds is 10. The summed E-state index contributed by atoms with van der Waals surface area (Å²) in [5.74, 6) is 2.20. The molecule has 0 spiro atoms. The maximum absolute atomic E-state index is 6.33. The first-order chi connectivity index (χ1) is 16.5. The fraction of sp³-hybridized carbons (Fsp3) is 0.320. The zero-order valence-corrected chi connectivity index (χ0v) is 19.6. The third kappa shape index (κ3) is 4.95. The molecular formula is C25H29N5O4. The van der Waals surface area contributed by atoms with Crippen molar-refractivity contribution in [2.24, 2.45) is 5.73 Å². The average Bonchev–Trinajstić information content (AvgIpc) is 2.86. The fourth-order valence-corrected chi connectivity index (χ4v) is 3.55. The number of anilines is 1. The van der Waals surface area contributed by atoms with Crippen LogP contribution in [0, 0.1) is 0 Å². The number of nitrogen functional groups attached to an aromatic ring is 1. The highest BCUT2D eigenvalue weighted by atomic mass is 16.5. The number of nitrogens with zero attached hydrogens (tertiary/aromatic N) is 3. The Morgan fingerprint density at radius 1 is 0.912 bits per heavy atom. The Labute approximate surface area is 198 Å². The van der Waals surface area contributed by atoms with E-state index in [-0.39, 0.29) is 6.04 Å². The third-order valence-corrected chi connectivity index (χ3v) is 5.54. The molecule has 0 saturated heterocycles. The number of aromatic nitrogens is 3. The molecule has 0 radical (unpaired) electrons. The molecule has 1 atom stereocenters. The van der Waals surface area contributed by atoms with Gasteiger partial charge >= 0.3 is 0 Å². The molecule has 0 saturated carbocycles. The lowest BCUT2D eigenvalue weighted by Crippen LogP contribution is -2.26. The molecule has 1 aromatic carbocycles. The van der Waals surface area contributed by atoms with Crippen molar-refractivity contribution >= 4 is 27.5 Å². The van der Waals surface area contributed by atoms with Crippen molar-refractivity contribution < 1.29 is 18.9 Å². The molecule has 4 aromatic rings. The summed E-state index contributed by atoms with van der Waals surface area (Å²) in [6.07, 6.45) is 5.94. The molecule has 34 heavy (non-hydrogen) atoms. The van der Waals surface area contributed by atoms with Gasteiger partial charge in [0.1, 0.15) is 24.8 Å². The minimum Gasteiger partial charge on any atom is -0.493 e. The van der Waals surface area contributed by atoms with E-state index in [1.165, 1.54) is 0 Å². The Bertz CT molecular complexity index is 1300. The van der Waals surface area contributed by atoms with Crippen molar-refractivity contribution in [1.82, 2.24) is 15.0 Å². The van der Waals surface area contributed by atoms with Gasteiger partial charge in [-0.2, -0.15) is 0 Å². The number of pyridine rings is 3. The van der Waals surface area contributed by atoms with Crippen molar-refractivity contribution in [3.05, 3.63) is 42.9 Å². The Morgan fingerprint density at radius 3 is 2.53 bits per heavy atom. The minimum atomic E-state index is -0.0321. The number of hydrogen-bond donors (Lipinski definition) is 2. The van der Waals surface area contributed by atoms with Crippen LogP contribution in [-0.2, 0) is 4.74 Å². The van der Waals surface area contributed by atoms with Gasteiger partial charge in [-0.1, -0.05) is 6.92 Å². The van der Waals surface area contributed by atoms with Gasteiger partial charge in [0.2, 0.25) is 0 Å². The normalized spacial score (nSPS) is 12.1. The van der Waals surface area contributed by atoms with Crippen LogP contribution < -0.4 is 25.7 Å². The maximum atomic E-state index is 6.33. The smallest absolute Gasteiger partial charge is 0.163 e. The van der Waals surface area contributed by atoms with Gasteiger partial charge in [0.25, 0.3) is 0 Å². The SMILES string of the molecule is CC[C@@H](N)COc1cncc(-c2cc3c(cnc4cc(OCCOC)c(OC)cc43)c(N)n2)c1. The van der Waals surface area contributed by atoms with Crippen LogP contribution in [0.15, 0.2) is 42.9 Å². The van der Waals surface area contributed by atoms with Gasteiger partial charge in [-0.15, -0.1) is 0 Å². The quantitative estimate of drug-likeness (QED) is 0.268. The highest BCUT2D eigenvalue weighted by molar-refractivity contribution is 6.10. The summed E-state index contributed by atoms with van der Waals surface area (Å²) in [5, 5.41) is 2.52. The van der Waals surface area contributed by atoms with Crippen molar-refractivity contribution in [2.45, 2.75) is 19.4 Å². The lowest BCUT2D eigenvalue weighted by atomic mass is 10.0. The first-order valence-electron chi connectivity index (χ1n) is 11.1. The van der Waals surface area contributed by atoms with E-state index in [0.29, 0.717) is 48.6 Å². The molecule has 9 nitrogen and oxygen atoms in total. The molecule has 3 heterocycles. The molecule has 3 aromatic heterocycles. The van der Waals surface area contributed by atoms with E-state index in [1.807, 2.05) is 31.2 Å². The molecule has 0 bridgehead atoms. The van der Waals surface area contributed by atoms with Crippen molar-refractivity contribution in [3.63, 3.8) is 0 Å². The van der Waals surface area contributed by atoms with Gasteiger partial charge in [-0.25, -0.2) is 4.98 Å². The van der Waals surface area contributed by atoms with Crippen LogP contribution in [0.5, 0.6) is 17.2 Å². The molecule has 0 aliphatic carbocycles. The van der Waals surface area contributed by atoms with Gasteiger partial charge in [0, 0.05) is 47.9 Å². The number of fused-ring (bicyclic) bond motifs is 3. The lowest BCUT2D eigenvalue weighted by molar-refractivity contribution is 0.144. The molecule has 9 heteroatoms. The van der Waals surface area contributed by atoms with Crippen LogP contribution in [0.1, 0.15) is 13.3 Å². The van der Waals surface area contributed by atoms with Crippen LogP contribution in [0.25, 0.3) is 32.9 Å². The van der Waals surface area contributed by atoms with Gasteiger partial charge < -0.3 is 30.4 Å². The zero-order chi connectivity index (χ0) is 24.1. The van der Waals surface area contributed by atoms with E-state index in [1.54, 1.807) is 32.8 Å². The van der Waals surface area contributed by atoms with Gasteiger partial charge in [-0.05, 0) is 30.0 Å². The van der Waals surface area contributed by atoms with Crippen molar-refractivity contribution in [2.75, 3.05) is 39.8 Å². The molecule has 4 N–H and O–H groups in total. The standard InChI is InChI=1S/C25H29N5O4/c1-4-16(26)14-34-17-7-15(11-28-12-17)21-8-18-19-9-23(32-3)24(33-6-5-31-2)10-22(19)29-13-20(18)25(27)30-21/h7-13,16H,4-6,14,26H2,1-3H3,(H2,27,30)/t16-/m1/s1. The topological polar surface area (TPSA) is 128 Å². The third-order valence-electron chi connectivity index (χ3n) is 5.54. The Morgan fingerprint density at radius 2 is 1.76 bits per heavy atom. The van der Waals surface area contributed by atoms with Crippen LogP contribution >= 0.6 is 0 Å². The first kappa shape index (κ1) is 23.5. The number of nitrogens with two attached hydrogens (primary N) is 2. The van der Waals surface area contributed by atoms with Gasteiger partial charge in [0.05, 0.1) is 31.1 Å². The number of ether oxygens (including phenoxy) is 4. The van der Waals surface area contributed by atoms with E-state index in [9.17, 15) is 0 Å². The summed E-state index contributed by atoms with van der Waals surface area (Å²) in [6, 6.07) is 7.58. The molecule has 178 valence electrons. The lowest BCUT2D eigenvalue weighted by Gasteiger charge is -2.14. The molecule has 0 aliphatic rings. The highest BCUT2D eigenvalue weighted by Crippen LogP contribution is 2.37. The summed E-state index contributed by atoms with van der Waals surface area (Å²) in [5.41, 5.74) is 14.5. The molecule has 0 fully saturated rings. The second kappa shape index (κ2) is 10.5. The summed E-state index contributed by atoms with van der Waals surface area (Å²) >= 11 is 0. The molecule has 0 aliphatic heterocycles. The van der Waals surface area contributed by atoms with Crippen molar-refractivity contribution in [1.29, 1.82) is 0 Å². The highest BCUT2D eigenvalue weighted by Gasteiger charge is 2.14. The van der Waals surface area contributed by atoms with E-state index in [4.69, 9.17) is 30.4 Å². The second-order valence-corrected chi connectivity index (χ2v) is 7.86.